The Labute approximate surface area is 120 Å². The molecule has 0 unspecified atom stereocenters. The average Bonchev–Trinajstić information content (AvgIpc) is 2.43. The molecular weight excluding hydrogens is 274 g/mol. The molecule has 20 heavy (non-hydrogen) atoms. The molecule has 1 aliphatic rings. The molecule has 108 valence electrons. The van der Waals surface area contributed by atoms with E-state index in [4.69, 9.17) is 5.11 Å². The van der Waals surface area contributed by atoms with Crippen molar-refractivity contribution in [2.75, 3.05) is 31.2 Å². The second-order valence-corrected chi connectivity index (χ2v) is 7.16. The fourth-order valence-electron chi connectivity index (χ4n) is 2.14. The van der Waals surface area contributed by atoms with Crippen LogP contribution in [0, 0.1) is 11.8 Å². The summed E-state index contributed by atoms with van der Waals surface area (Å²) in [6.45, 7) is 1.96. The van der Waals surface area contributed by atoms with Gasteiger partial charge in [0.25, 0.3) is 0 Å². The van der Waals surface area contributed by atoms with Crippen molar-refractivity contribution in [2.45, 2.75) is 13.0 Å². The number of rotatable bonds is 3. The lowest BCUT2D eigenvalue weighted by atomic mass is 10.1. The van der Waals surface area contributed by atoms with E-state index < -0.39 is 9.84 Å². The minimum absolute atomic E-state index is 0.0686. The number of nitrogens with zero attached hydrogens (tertiary/aromatic N) is 1. The Kier molecular flexibility index (Phi) is 5.18. The molecule has 0 aromatic heterocycles. The summed E-state index contributed by atoms with van der Waals surface area (Å²) < 4.78 is 22.8. The molecule has 0 amide bonds. The zero-order valence-corrected chi connectivity index (χ0v) is 12.2. The number of benzene rings is 1. The molecule has 0 atom stereocenters. The van der Waals surface area contributed by atoms with Crippen molar-refractivity contribution < 1.29 is 13.5 Å². The van der Waals surface area contributed by atoms with E-state index in [0.29, 0.717) is 19.5 Å². The lowest BCUT2D eigenvalue weighted by Crippen LogP contribution is -2.39. The minimum Gasteiger partial charge on any atom is -0.395 e. The van der Waals surface area contributed by atoms with Crippen molar-refractivity contribution in [3.05, 3.63) is 35.4 Å². The highest BCUT2D eigenvalue weighted by Gasteiger charge is 2.21. The first-order chi connectivity index (χ1) is 9.61. The molecular formula is C15H19NO3S. The monoisotopic (exact) mass is 293 g/mol. The summed E-state index contributed by atoms with van der Waals surface area (Å²) in [6, 6.07) is 7.88. The normalized spacial score (nSPS) is 18.2. The predicted octanol–water partition coefficient (Wildman–Crippen LogP) is 0.651. The Hall–Kier alpha value is -1.35. The molecule has 2 rings (SSSR count). The molecule has 0 spiro atoms. The molecule has 1 N–H and O–H groups in total. The minimum atomic E-state index is -2.83. The van der Waals surface area contributed by atoms with Crippen molar-refractivity contribution in [2.24, 2.45) is 0 Å². The van der Waals surface area contributed by atoms with Gasteiger partial charge in [-0.3, -0.25) is 4.90 Å². The van der Waals surface area contributed by atoms with Crippen molar-refractivity contribution in [3.63, 3.8) is 0 Å². The number of aliphatic hydroxyl groups excluding tert-OH is 1. The largest absolute Gasteiger partial charge is 0.395 e. The first-order valence-electron chi connectivity index (χ1n) is 6.71. The Balaban J connectivity index is 2.05. The molecule has 4 nitrogen and oxygen atoms in total. The summed E-state index contributed by atoms with van der Waals surface area (Å²) in [6.07, 6.45) is 0.469. The molecule has 0 radical (unpaired) electrons. The van der Waals surface area contributed by atoms with E-state index in [1.807, 2.05) is 24.3 Å². The van der Waals surface area contributed by atoms with E-state index in [1.165, 1.54) is 0 Å². The number of hydrogen-bond donors (Lipinski definition) is 1. The molecule has 0 saturated carbocycles. The van der Waals surface area contributed by atoms with E-state index in [9.17, 15) is 8.42 Å². The van der Waals surface area contributed by atoms with Crippen LogP contribution in [0.4, 0.5) is 0 Å². The third kappa shape index (κ3) is 4.34. The van der Waals surface area contributed by atoms with Gasteiger partial charge in [0.15, 0.2) is 9.84 Å². The SMILES string of the molecule is O=S1(=O)CCN(Cc2ccccc2C#CCCO)CC1. The van der Waals surface area contributed by atoms with Crippen LogP contribution in [0.1, 0.15) is 17.5 Å². The van der Waals surface area contributed by atoms with Crippen LogP contribution in [0.25, 0.3) is 0 Å². The van der Waals surface area contributed by atoms with Gasteiger partial charge < -0.3 is 5.11 Å². The summed E-state index contributed by atoms with van der Waals surface area (Å²) in [5.41, 5.74) is 2.06. The van der Waals surface area contributed by atoms with Crippen LogP contribution in [0.3, 0.4) is 0 Å². The van der Waals surface area contributed by atoms with Gasteiger partial charge in [0.05, 0.1) is 18.1 Å². The highest BCUT2D eigenvalue weighted by Crippen LogP contribution is 2.13. The second-order valence-electron chi connectivity index (χ2n) is 4.86. The third-order valence-corrected chi connectivity index (χ3v) is 4.92. The molecule has 1 fully saturated rings. The van der Waals surface area contributed by atoms with Crippen LogP contribution in [0.15, 0.2) is 24.3 Å². The van der Waals surface area contributed by atoms with Crippen LogP contribution in [-0.4, -0.2) is 49.6 Å². The Morgan fingerprint density at radius 3 is 2.60 bits per heavy atom. The highest BCUT2D eigenvalue weighted by atomic mass is 32.2. The molecule has 5 heteroatoms. The van der Waals surface area contributed by atoms with Crippen LogP contribution in [-0.2, 0) is 16.4 Å². The van der Waals surface area contributed by atoms with E-state index in [1.54, 1.807) is 0 Å². The Bertz CT molecular complexity index is 599. The zero-order chi connectivity index (χ0) is 14.4. The van der Waals surface area contributed by atoms with Gasteiger partial charge in [-0.15, -0.1) is 0 Å². The van der Waals surface area contributed by atoms with Crippen LogP contribution in [0.5, 0.6) is 0 Å². The Morgan fingerprint density at radius 2 is 1.90 bits per heavy atom. The number of aliphatic hydroxyl groups is 1. The van der Waals surface area contributed by atoms with E-state index in [0.717, 1.165) is 17.7 Å². The van der Waals surface area contributed by atoms with Crippen molar-refractivity contribution in [3.8, 4) is 11.8 Å². The van der Waals surface area contributed by atoms with E-state index in [2.05, 4.69) is 16.7 Å². The maximum atomic E-state index is 11.4. The highest BCUT2D eigenvalue weighted by molar-refractivity contribution is 7.91. The van der Waals surface area contributed by atoms with E-state index in [-0.39, 0.29) is 18.1 Å². The van der Waals surface area contributed by atoms with Crippen molar-refractivity contribution in [1.29, 1.82) is 0 Å². The number of sulfone groups is 1. The molecule has 1 aromatic carbocycles. The van der Waals surface area contributed by atoms with Gasteiger partial charge in [-0.25, -0.2) is 8.42 Å². The fourth-order valence-corrected chi connectivity index (χ4v) is 3.42. The predicted molar refractivity (Wildman–Crippen MR) is 79.0 cm³/mol. The topological polar surface area (TPSA) is 57.6 Å². The van der Waals surface area contributed by atoms with Gasteiger partial charge >= 0.3 is 0 Å². The van der Waals surface area contributed by atoms with E-state index >= 15 is 0 Å². The summed E-state index contributed by atoms with van der Waals surface area (Å²) in [7, 11) is -2.83. The van der Waals surface area contributed by atoms with Gasteiger partial charge in [-0.05, 0) is 11.6 Å². The van der Waals surface area contributed by atoms with Gasteiger partial charge in [0.1, 0.15) is 0 Å². The lowest BCUT2D eigenvalue weighted by Gasteiger charge is -2.26. The Morgan fingerprint density at radius 1 is 1.20 bits per heavy atom. The summed E-state index contributed by atoms with van der Waals surface area (Å²) >= 11 is 0. The standard InChI is InChI=1S/C15H19NO3S/c17-10-4-3-6-14-5-1-2-7-15(14)13-16-8-11-20(18,19)12-9-16/h1-2,5,7,17H,4,8-13H2. The molecule has 1 saturated heterocycles. The lowest BCUT2D eigenvalue weighted by molar-refractivity contribution is 0.287. The van der Waals surface area contributed by atoms with Gasteiger partial charge in [-0.1, -0.05) is 30.0 Å². The van der Waals surface area contributed by atoms with Crippen LogP contribution >= 0.6 is 0 Å². The van der Waals surface area contributed by atoms with Crippen molar-refractivity contribution in [1.82, 2.24) is 4.90 Å². The summed E-state index contributed by atoms with van der Waals surface area (Å²) in [5, 5.41) is 8.76. The first-order valence-corrected chi connectivity index (χ1v) is 8.53. The zero-order valence-electron chi connectivity index (χ0n) is 11.4. The summed E-state index contributed by atoms with van der Waals surface area (Å²) in [4.78, 5) is 2.15. The van der Waals surface area contributed by atoms with Crippen molar-refractivity contribution >= 4 is 9.84 Å². The van der Waals surface area contributed by atoms with Gasteiger partial charge in [0, 0.05) is 31.6 Å². The molecule has 0 aliphatic carbocycles. The van der Waals surface area contributed by atoms with Crippen LogP contribution in [0.2, 0.25) is 0 Å². The molecule has 1 aromatic rings. The third-order valence-electron chi connectivity index (χ3n) is 3.31. The molecule has 0 bridgehead atoms. The first kappa shape index (κ1) is 15.0. The smallest absolute Gasteiger partial charge is 0.152 e. The van der Waals surface area contributed by atoms with Gasteiger partial charge in [-0.2, -0.15) is 0 Å². The maximum Gasteiger partial charge on any atom is 0.152 e. The van der Waals surface area contributed by atoms with Gasteiger partial charge in [0.2, 0.25) is 0 Å². The fraction of sp³-hybridized carbons (Fsp3) is 0.467. The summed E-state index contributed by atoms with van der Waals surface area (Å²) in [5.74, 6) is 6.48. The second kappa shape index (κ2) is 6.89. The average molecular weight is 293 g/mol. The number of hydrogen-bond acceptors (Lipinski definition) is 4. The maximum absolute atomic E-state index is 11.4. The van der Waals surface area contributed by atoms with Crippen LogP contribution < -0.4 is 0 Å². The quantitative estimate of drug-likeness (QED) is 0.832. The molecule has 1 heterocycles. The molecule has 1 aliphatic heterocycles.